The van der Waals surface area contributed by atoms with E-state index >= 15 is 4.79 Å². The lowest BCUT2D eigenvalue weighted by Gasteiger charge is -2.63. The van der Waals surface area contributed by atoms with Crippen LogP contribution in [0.1, 0.15) is 93.1 Å². The summed E-state index contributed by atoms with van der Waals surface area (Å²) in [5, 5.41) is 39.9. The first-order valence-electron chi connectivity index (χ1n) is 20.9. The van der Waals surface area contributed by atoms with Gasteiger partial charge in [0, 0.05) is 44.1 Å². The summed E-state index contributed by atoms with van der Waals surface area (Å²) in [6, 6.07) is 23.2. The lowest BCUT2D eigenvalue weighted by molar-refractivity contribution is -0.331. The molecule has 11 atom stereocenters. The van der Waals surface area contributed by atoms with E-state index in [-0.39, 0.29) is 35.3 Å². The van der Waals surface area contributed by atoms with E-state index in [1.54, 1.807) is 99.6 Å². The molecule has 1 amide bonds. The van der Waals surface area contributed by atoms with Crippen LogP contribution in [-0.4, -0.2) is 105 Å². The van der Waals surface area contributed by atoms with Crippen molar-refractivity contribution in [3.05, 3.63) is 119 Å². The average Bonchev–Trinajstić information content (AvgIpc) is 3.25. The lowest BCUT2D eigenvalue weighted by atomic mass is 9.52. The van der Waals surface area contributed by atoms with Gasteiger partial charge in [0.25, 0.3) is 5.91 Å². The first-order chi connectivity index (χ1) is 29.7. The molecule has 1 aliphatic heterocycles. The quantitative estimate of drug-likeness (QED) is 0.128. The van der Waals surface area contributed by atoms with Crippen LogP contribution in [0.15, 0.2) is 102 Å². The molecule has 1 saturated heterocycles. The summed E-state index contributed by atoms with van der Waals surface area (Å²) >= 11 is 0. The number of ether oxygens (including phenoxy) is 5. The van der Waals surface area contributed by atoms with Gasteiger partial charge in [-0.15, -0.1) is 0 Å². The second-order valence-corrected chi connectivity index (χ2v) is 17.8. The van der Waals surface area contributed by atoms with E-state index in [0.29, 0.717) is 5.56 Å². The van der Waals surface area contributed by atoms with Crippen molar-refractivity contribution in [2.75, 3.05) is 6.61 Å². The molecular formula is C48H53NO14. The number of amides is 1. The van der Waals surface area contributed by atoms with Gasteiger partial charge in [0.15, 0.2) is 23.6 Å². The van der Waals surface area contributed by atoms with Gasteiger partial charge in [-0.2, -0.15) is 0 Å². The molecule has 1 heterocycles. The van der Waals surface area contributed by atoms with Crippen molar-refractivity contribution < 1.29 is 67.8 Å². The fourth-order valence-corrected chi connectivity index (χ4v) is 10.4. The van der Waals surface area contributed by atoms with E-state index in [4.69, 9.17) is 23.7 Å². The number of carbonyl (C=O) groups excluding carboxylic acids is 6. The number of rotatable bonds is 10. The number of nitrogens with one attached hydrogen (secondary N) is 1. The minimum Gasteiger partial charge on any atom is -0.458 e. The predicted molar refractivity (Wildman–Crippen MR) is 222 cm³/mol. The summed E-state index contributed by atoms with van der Waals surface area (Å²) in [5.41, 5.74) is -6.25. The third-order valence-electron chi connectivity index (χ3n) is 13.7. The van der Waals surface area contributed by atoms with Crippen LogP contribution in [0.3, 0.4) is 0 Å². The van der Waals surface area contributed by atoms with Crippen molar-refractivity contribution in [1.82, 2.24) is 5.32 Å². The van der Waals surface area contributed by atoms with Crippen LogP contribution in [0.25, 0.3) is 0 Å². The first-order valence-corrected chi connectivity index (χ1v) is 20.9. The molecule has 4 N–H and O–H groups in total. The van der Waals surface area contributed by atoms with E-state index in [9.17, 15) is 39.3 Å². The molecule has 2 bridgehead atoms. The standard InChI is InChI=1S/C48H53NO14/c1-26-32(61-44(57)38(53)37(29-16-10-7-11-17-29)49-42(55)30-18-12-8-13-19-30)23-47(58)24-33(62-43(56)31-20-14-9-15-21-31)40-46(6,34(52)22-35-48(40,25-59-35)63-28(3)51)41(54)39(60-27(2)50)36(26)45(47,4)5/h7-21,32-35,37-40,52-53,58H,22-25H2,1-6H3,(H,49,55)/t32-,33+,34-,35+,37-,38-,39+,40-,46+,47+,48-/m0/s1/i38+2,44+2. The van der Waals surface area contributed by atoms with E-state index in [2.05, 4.69) is 5.32 Å². The molecule has 3 aromatic carbocycles. The maximum absolute atomic E-state index is 15.6. The highest BCUT2D eigenvalue weighted by atomic mass is 16.9. The third-order valence-corrected chi connectivity index (χ3v) is 13.7. The third kappa shape index (κ3) is 7.96. The largest absolute Gasteiger partial charge is 0.458 e. The summed E-state index contributed by atoms with van der Waals surface area (Å²) < 4.78 is 30.3. The molecule has 15 nitrogen and oxygen atoms in total. The van der Waals surface area contributed by atoms with Crippen LogP contribution in [-0.2, 0) is 42.9 Å². The number of benzene rings is 3. The Morgan fingerprint density at radius 3 is 2.02 bits per heavy atom. The highest BCUT2D eigenvalue weighted by Crippen LogP contribution is 2.62. The SMILES string of the molecule is CC(=O)O[C@H]1C(=O)[C@@]2(C)[C@H]([C@H](OC(=O)c3ccccc3)C[C@]3(O)C[C@H](O[14C](=O)[14C@@H](O)[C@@H](NC(=O)c4ccccc4)c4ccccc4)C(C)=C1C3(C)C)[C@]1(OC(C)=O)CO[C@@H]1C[C@@H]2O. The fraction of sp³-hybridized carbons (Fsp3) is 0.458. The molecular weight excluding hydrogens is 819 g/mol. The molecule has 334 valence electrons. The number of aliphatic hydroxyl groups excluding tert-OH is 2. The van der Waals surface area contributed by atoms with Gasteiger partial charge in [0.2, 0.25) is 0 Å². The number of hydrogen-bond acceptors (Lipinski definition) is 14. The maximum atomic E-state index is 15.6. The van der Waals surface area contributed by atoms with Gasteiger partial charge in [0.1, 0.15) is 18.3 Å². The van der Waals surface area contributed by atoms with Crippen LogP contribution in [0.2, 0.25) is 0 Å². The van der Waals surface area contributed by atoms with Gasteiger partial charge in [-0.3, -0.25) is 19.2 Å². The van der Waals surface area contributed by atoms with E-state index in [0.717, 1.165) is 6.92 Å². The van der Waals surface area contributed by atoms with Crippen LogP contribution in [0, 0.1) is 16.7 Å². The normalized spacial score (nSPS) is 31.7. The van der Waals surface area contributed by atoms with Gasteiger partial charge in [0.05, 0.1) is 41.3 Å². The minimum absolute atomic E-state index is 0.0523. The number of Topliss-reactive ketones (excluding diaryl/α,β-unsaturated/α-hetero) is 1. The smallest absolute Gasteiger partial charge is 0.338 e. The molecule has 0 spiro atoms. The maximum Gasteiger partial charge on any atom is 0.338 e. The van der Waals surface area contributed by atoms with Crippen molar-refractivity contribution in [2.45, 2.75) is 115 Å². The monoisotopic (exact) mass is 871 g/mol. The van der Waals surface area contributed by atoms with Crippen molar-refractivity contribution in [1.29, 1.82) is 0 Å². The Morgan fingerprint density at radius 1 is 0.873 bits per heavy atom. The summed E-state index contributed by atoms with van der Waals surface area (Å²) in [4.78, 5) is 83.4. The summed E-state index contributed by atoms with van der Waals surface area (Å²) in [7, 11) is 0. The van der Waals surface area contributed by atoms with Gasteiger partial charge in [-0.05, 0) is 54.8 Å². The Balaban J connectivity index is 1.36. The number of hydrogen-bond donors (Lipinski definition) is 4. The summed E-state index contributed by atoms with van der Waals surface area (Å²) in [5.74, 6) is -6.49. The molecule has 0 radical (unpaired) electrons. The molecule has 3 fully saturated rings. The summed E-state index contributed by atoms with van der Waals surface area (Å²) in [6.45, 7) is 8.25. The molecule has 2 saturated carbocycles. The Labute approximate surface area is 364 Å². The Hall–Kier alpha value is -5.74. The van der Waals surface area contributed by atoms with Crippen molar-refractivity contribution >= 4 is 35.6 Å². The van der Waals surface area contributed by atoms with Crippen molar-refractivity contribution in [3.63, 3.8) is 0 Å². The zero-order chi connectivity index (χ0) is 45.6. The second kappa shape index (κ2) is 17.1. The molecule has 15 heteroatoms. The number of esters is 4. The van der Waals surface area contributed by atoms with Crippen molar-refractivity contribution in [2.24, 2.45) is 16.7 Å². The lowest BCUT2D eigenvalue weighted by Crippen LogP contribution is -2.77. The Morgan fingerprint density at radius 2 is 1.46 bits per heavy atom. The molecule has 3 aromatic rings. The van der Waals surface area contributed by atoms with Crippen LogP contribution in [0.5, 0.6) is 0 Å². The first kappa shape index (κ1) is 45.3. The van der Waals surface area contributed by atoms with Gasteiger partial charge >= 0.3 is 23.9 Å². The van der Waals surface area contributed by atoms with Crippen LogP contribution >= 0.6 is 0 Å². The minimum atomic E-state index is -2.09. The number of aliphatic hydroxyl groups is 3. The second-order valence-electron chi connectivity index (χ2n) is 17.8. The molecule has 7 rings (SSSR count). The molecule has 63 heavy (non-hydrogen) atoms. The zero-order valence-corrected chi connectivity index (χ0v) is 35.9. The highest BCUT2D eigenvalue weighted by molar-refractivity contribution is 5.96. The highest BCUT2D eigenvalue weighted by Gasteiger charge is 2.75. The van der Waals surface area contributed by atoms with E-state index in [1.807, 2.05) is 0 Å². The Kier molecular flexibility index (Phi) is 12.3. The van der Waals surface area contributed by atoms with E-state index < -0.39 is 119 Å². The topological polar surface area (TPSA) is 221 Å². The number of ketones is 1. The Bertz CT molecular complexity index is 2300. The molecule has 0 aromatic heterocycles. The van der Waals surface area contributed by atoms with Crippen LogP contribution < -0.4 is 5.32 Å². The van der Waals surface area contributed by atoms with Gasteiger partial charge < -0.3 is 44.3 Å². The molecule has 3 aliphatic carbocycles. The van der Waals surface area contributed by atoms with Crippen molar-refractivity contribution in [3.8, 4) is 0 Å². The van der Waals surface area contributed by atoms with Crippen LogP contribution in [0.4, 0.5) is 0 Å². The number of fused-ring (bicyclic) bond motifs is 5. The number of carbonyl (C=O) groups is 6. The average molecular weight is 872 g/mol. The van der Waals surface area contributed by atoms with Gasteiger partial charge in [-0.1, -0.05) is 80.6 Å². The van der Waals surface area contributed by atoms with Gasteiger partial charge in [-0.25, -0.2) is 9.59 Å². The van der Waals surface area contributed by atoms with E-state index in [1.165, 1.54) is 26.0 Å². The molecule has 0 unspecified atom stereocenters. The zero-order valence-electron chi connectivity index (χ0n) is 35.9. The fourth-order valence-electron chi connectivity index (χ4n) is 10.4. The molecule has 4 aliphatic rings. The summed E-state index contributed by atoms with van der Waals surface area (Å²) in [6.07, 6.45) is -10.3. The predicted octanol–water partition coefficient (Wildman–Crippen LogP) is 4.13.